The zero-order valence-electron chi connectivity index (χ0n) is 9.28. The molecule has 0 aromatic rings. The summed E-state index contributed by atoms with van der Waals surface area (Å²) in [7, 11) is 0. The van der Waals surface area contributed by atoms with E-state index in [1.54, 1.807) is 0 Å². The number of carbonyl (C=O) groups is 1. The quantitative estimate of drug-likeness (QED) is 0.641. The van der Waals surface area contributed by atoms with Gasteiger partial charge in [0, 0.05) is 13.1 Å². The Kier molecular flexibility index (Phi) is 3.26. The first-order chi connectivity index (χ1) is 7.18. The Morgan fingerprint density at radius 2 is 2.27 bits per heavy atom. The van der Waals surface area contributed by atoms with E-state index >= 15 is 0 Å². The Labute approximate surface area is 90.6 Å². The number of likely N-dealkylation sites (tertiary alicyclic amines) is 1. The Morgan fingerprint density at radius 1 is 1.47 bits per heavy atom. The van der Waals surface area contributed by atoms with E-state index in [9.17, 15) is 9.90 Å². The zero-order chi connectivity index (χ0) is 10.8. The van der Waals surface area contributed by atoms with E-state index in [0.717, 1.165) is 25.8 Å². The van der Waals surface area contributed by atoms with Crippen molar-refractivity contribution < 1.29 is 9.90 Å². The number of hydrogen-bond acceptors (Lipinski definition) is 3. The van der Waals surface area contributed by atoms with Crippen LogP contribution in [0.1, 0.15) is 26.2 Å². The van der Waals surface area contributed by atoms with Crippen LogP contribution in [0, 0.1) is 5.92 Å². The summed E-state index contributed by atoms with van der Waals surface area (Å²) in [6.07, 6.45) is 2.56. The summed E-state index contributed by atoms with van der Waals surface area (Å²) in [5.41, 5.74) is 0. The van der Waals surface area contributed by atoms with Gasteiger partial charge in [-0.3, -0.25) is 4.79 Å². The molecule has 2 rings (SSSR count). The number of hydrogen-bond donors (Lipinski definition) is 2. The van der Waals surface area contributed by atoms with Crippen molar-refractivity contribution in [3.05, 3.63) is 0 Å². The normalized spacial score (nSPS) is 36.9. The van der Waals surface area contributed by atoms with Crippen LogP contribution in [0.3, 0.4) is 0 Å². The third-order valence-corrected chi connectivity index (χ3v) is 3.53. The molecule has 3 unspecified atom stereocenters. The number of nitrogens with one attached hydrogen (secondary N) is 1. The first-order valence-electron chi connectivity index (χ1n) is 5.88. The Hall–Kier alpha value is -0.610. The number of rotatable bonds is 1. The summed E-state index contributed by atoms with van der Waals surface area (Å²) in [5.74, 6) is 0.440. The molecule has 86 valence electrons. The molecule has 1 amide bonds. The van der Waals surface area contributed by atoms with Crippen LogP contribution in [0.4, 0.5) is 0 Å². The zero-order valence-corrected chi connectivity index (χ0v) is 9.28. The van der Waals surface area contributed by atoms with Crippen molar-refractivity contribution in [2.24, 2.45) is 5.92 Å². The molecule has 2 saturated heterocycles. The highest BCUT2D eigenvalue weighted by Gasteiger charge is 2.32. The largest absolute Gasteiger partial charge is 0.393 e. The van der Waals surface area contributed by atoms with Crippen LogP contribution in [0.15, 0.2) is 0 Å². The number of nitrogens with zero attached hydrogens (tertiary/aromatic N) is 1. The molecular weight excluding hydrogens is 192 g/mol. The maximum Gasteiger partial charge on any atom is 0.239 e. The molecule has 4 heteroatoms. The van der Waals surface area contributed by atoms with Gasteiger partial charge in [0.25, 0.3) is 0 Å². The second-order valence-electron chi connectivity index (χ2n) is 4.77. The monoisotopic (exact) mass is 212 g/mol. The third kappa shape index (κ3) is 2.32. The van der Waals surface area contributed by atoms with Crippen molar-refractivity contribution >= 4 is 5.91 Å². The van der Waals surface area contributed by atoms with Gasteiger partial charge in [0.1, 0.15) is 0 Å². The minimum absolute atomic E-state index is 0.0347. The number of carbonyl (C=O) groups excluding carboxylic acids is 1. The topological polar surface area (TPSA) is 52.6 Å². The van der Waals surface area contributed by atoms with E-state index in [2.05, 4.69) is 5.32 Å². The molecule has 2 aliphatic rings. The average molecular weight is 212 g/mol. The molecule has 0 aromatic heterocycles. The molecule has 2 N–H and O–H groups in total. The molecule has 0 saturated carbocycles. The molecule has 4 nitrogen and oxygen atoms in total. The van der Waals surface area contributed by atoms with Crippen molar-refractivity contribution in [3.63, 3.8) is 0 Å². The predicted octanol–water partition coefficient (Wildman–Crippen LogP) is -0.0323. The van der Waals surface area contributed by atoms with Crippen LogP contribution in [0.25, 0.3) is 0 Å². The van der Waals surface area contributed by atoms with E-state index in [-0.39, 0.29) is 24.0 Å². The SMILES string of the molecule is CC1CN(C(=O)C2CCCN2)CCC1O. The van der Waals surface area contributed by atoms with Gasteiger partial charge in [0.2, 0.25) is 5.91 Å². The summed E-state index contributed by atoms with van der Waals surface area (Å²) in [6, 6.07) is 0.0347. The fraction of sp³-hybridized carbons (Fsp3) is 0.909. The molecule has 0 spiro atoms. The van der Waals surface area contributed by atoms with E-state index < -0.39 is 0 Å². The maximum atomic E-state index is 12.0. The number of aliphatic hydroxyl groups excluding tert-OH is 1. The van der Waals surface area contributed by atoms with Gasteiger partial charge in [-0.05, 0) is 31.7 Å². The minimum atomic E-state index is -0.231. The third-order valence-electron chi connectivity index (χ3n) is 3.53. The lowest BCUT2D eigenvalue weighted by atomic mass is 9.96. The van der Waals surface area contributed by atoms with Gasteiger partial charge in [-0.25, -0.2) is 0 Å². The Bertz CT molecular complexity index is 239. The highest BCUT2D eigenvalue weighted by atomic mass is 16.3. The smallest absolute Gasteiger partial charge is 0.239 e. The van der Waals surface area contributed by atoms with E-state index in [1.165, 1.54) is 0 Å². The summed E-state index contributed by atoms with van der Waals surface area (Å²) in [6.45, 7) is 4.38. The van der Waals surface area contributed by atoms with Crippen LogP contribution >= 0.6 is 0 Å². The first kappa shape index (κ1) is 10.9. The van der Waals surface area contributed by atoms with Crippen molar-refractivity contribution in [1.29, 1.82) is 0 Å². The average Bonchev–Trinajstić information content (AvgIpc) is 2.74. The Balaban J connectivity index is 1.90. The van der Waals surface area contributed by atoms with Gasteiger partial charge in [-0.2, -0.15) is 0 Å². The molecule has 2 fully saturated rings. The summed E-state index contributed by atoms with van der Waals surface area (Å²) >= 11 is 0. The number of amides is 1. The molecule has 0 bridgehead atoms. The second kappa shape index (κ2) is 4.49. The highest BCUT2D eigenvalue weighted by molar-refractivity contribution is 5.82. The fourth-order valence-corrected chi connectivity index (χ4v) is 2.45. The number of piperidine rings is 1. The molecule has 15 heavy (non-hydrogen) atoms. The first-order valence-corrected chi connectivity index (χ1v) is 5.88. The lowest BCUT2D eigenvalue weighted by molar-refractivity contribution is -0.136. The molecular formula is C11H20N2O2. The number of aliphatic hydroxyl groups is 1. The van der Waals surface area contributed by atoms with Crippen LogP contribution < -0.4 is 5.32 Å². The van der Waals surface area contributed by atoms with Gasteiger partial charge in [-0.1, -0.05) is 6.92 Å². The van der Waals surface area contributed by atoms with Crippen LogP contribution in [-0.2, 0) is 4.79 Å². The maximum absolute atomic E-state index is 12.0. The van der Waals surface area contributed by atoms with Gasteiger partial charge < -0.3 is 15.3 Å². The molecule has 0 aromatic carbocycles. The summed E-state index contributed by atoms with van der Waals surface area (Å²) < 4.78 is 0. The molecule has 0 radical (unpaired) electrons. The van der Waals surface area contributed by atoms with Crippen molar-refractivity contribution in [2.45, 2.75) is 38.3 Å². The standard InChI is InChI=1S/C11H20N2O2/c1-8-7-13(6-4-10(8)14)11(15)9-3-2-5-12-9/h8-10,12,14H,2-7H2,1H3. The molecule has 3 atom stereocenters. The van der Waals surface area contributed by atoms with Gasteiger partial charge in [0.15, 0.2) is 0 Å². The summed E-state index contributed by atoms with van der Waals surface area (Å²) in [4.78, 5) is 13.9. The van der Waals surface area contributed by atoms with Crippen molar-refractivity contribution in [1.82, 2.24) is 10.2 Å². The van der Waals surface area contributed by atoms with E-state index in [1.807, 2.05) is 11.8 Å². The van der Waals surface area contributed by atoms with Crippen LogP contribution in [0.5, 0.6) is 0 Å². The predicted molar refractivity (Wildman–Crippen MR) is 57.4 cm³/mol. The fourth-order valence-electron chi connectivity index (χ4n) is 2.45. The van der Waals surface area contributed by atoms with E-state index in [0.29, 0.717) is 13.1 Å². The van der Waals surface area contributed by atoms with Gasteiger partial charge in [-0.15, -0.1) is 0 Å². The van der Waals surface area contributed by atoms with E-state index in [4.69, 9.17) is 0 Å². The Morgan fingerprint density at radius 3 is 2.87 bits per heavy atom. The lowest BCUT2D eigenvalue weighted by Gasteiger charge is -2.35. The highest BCUT2D eigenvalue weighted by Crippen LogP contribution is 2.18. The minimum Gasteiger partial charge on any atom is -0.393 e. The van der Waals surface area contributed by atoms with Crippen molar-refractivity contribution in [3.8, 4) is 0 Å². The lowest BCUT2D eigenvalue weighted by Crippen LogP contribution is -2.50. The van der Waals surface area contributed by atoms with Crippen molar-refractivity contribution in [2.75, 3.05) is 19.6 Å². The van der Waals surface area contributed by atoms with Gasteiger partial charge in [0.05, 0.1) is 12.1 Å². The summed E-state index contributed by atoms with van der Waals surface area (Å²) in [5, 5.41) is 12.8. The molecule has 2 heterocycles. The van der Waals surface area contributed by atoms with Crippen LogP contribution in [0.2, 0.25) is 0 Å². The second-order valence-corrected chi connectivity index (χ2v) is 4.77. The molecule has 2 aliphatic heterocycles. The van der Waals surface area contributed by atoms with Crippen LogP contribution in [-0.4, -0.2) is 47.7 Å². The molecule has 0 aliphatic carbocycles. The van der Waals surface area contributed by atoms with Gasteiger partial charge >= 0.3 is 0 Å².